The van der Waals surface area contributed by atoms with Gasteiger partial charge < -0.3 is 4.74 Å². The highest BCUT2D eigenvalue weighted by molar-refractivity contribution is 5.82. The fraction of sp³-hybridized carbons (Fsp3) is 0.0870. The lowest BCUT2D eigenvalue weighted by atomic mass is 10.1. The number of rotatable bonds is 4. The minimum Gasteiger partial charge on any atom is -0.497 e. The smallest absolute Gasteiger partial charge is 0.282 e. The molecule has 0 aliphatic rings. The van der Waals surface area contributed by atoms with Gasteiger partial charge in [-0.15, -0.1) is 0 Å². The molecule has 4 aromatic rings. The number of nitrogens with zero attached hydrogens (tertiary/aromatic N) is 3. The van der Waals surface area contributed by atoms with Gasteiger partial charge in [-0.25, -0.2) is 4.98 Å². The first-order valence-corrected chi connectivity index (χ1v) is 8.93. The molecule has 0 radical (unpaired) electrons. The molecule has 0 spiro atoms. The Morgan fingerprint density at radius 2 is 1.68 bits per heavy atom. The zero-order valence-electron chi connectivity index (χ0n) is 15.7. The molecule has 0 N–H and O–H groups in total. The summed E-state index contributed by atoms with van der Waals surface area (Å²) in [6, 6.07) is 22.6. The van der Waals surface area contributed by atoms with Crippen molar-refractivity contribution in [1.29, 1.82) is 0 Å². The molecule has 0 fully saturated rings. The maximum atomic E-state index is 13.1. The van der Waals surface area contributed by atoms with Crippen LogP contribution in [0, 0.1) is 6.92 Å². The van der Waals surface area contributed by atoms with Crippen LogP contribution in [0.2, 0.25) is 0 Å². The second kappa shape index (κ2) is 7.48. The molecule has 4 rings (SSSR count). The van der Waals surface area contributed by atoms with Gasteiger partial charge >= 0.3 is 0 Å². The number of para-hydroxylation sites is 1. The van der Waals surface area contributed by atoms with Gasteiger partial charge in [-0.05, 0) is 54.4 Å². The number of hydrogen-bond donors (Lipinski definition) is 0. The van der Waals surface area contributed by atoms with Crippen molar-refractivity contribution < 1.29 is 4.74 Å². The number of fused-ring (bicyclic) bond motifs is 1. The monoisotopic (exact) mass is 369 g/mol. The number of benzene rings is 3. The van der Waals surface area contributed by atoms with Crippen molar-refractivity contribution in [2.75, 3.05) is 7.11 Å². The van der Waals surface area contributed by atoms with E-state index in [-0.39, 0.29) is 5.56 Å². The van der Waals surface area contributed by atoms with E-state index < -0.39 is 0 Å². The van der Waals surface area contributed by atoms with Crippen molar-refractivity contribution in [2.45, 2.75) is 6.92 Å². The van der Waals surface area contributed by atoms with Crippen LogP contribution >= 0.6 is 0 Å². The molecule has 138 valence electrons. The highest BCUT2D eigenvalue weighted by Gasteiger charge is 2.13. The molecular formula is C23H19N3O2. The summed E-state index contributed by atoms with van der Waals surface area (Å²) in [4.78, 5) is 17.9. The van der Waals surface area contributed by atoms with Gasteiger partial charge in [-0.3, -0.25) is 4.79 Å². The average molecular weight is 369 g/mol. The van der Waals surface area contributed by atoms with E-state index in [0.29, 0.717) is 16.7 Å². The van der Waals surface area contributed by atoms with Crippen LogP contribution < -0.4 is 10.3 Å². The van der Waals surface area contributed by atoms with Crippen molar-refractivity contribution in [2.24, 2.45) is 5.10 Å². The predicted octanol–water partition coefficient (Wildman–Crippen LogP) is 4.26. The summed E-state index contributed by atoms with van der Waals surface area (Å²) in [7, 11) is 1.62. The summed E-state index contributed by atoms with van der Waals surface area (Å²) in [6.45, 7) is 1.99. The lowest BCUT2D eigenvalue weighted by Gasteiger charge is -2.11. The van der Waals surface area contributed by atoms with Crippen LogP contribution in [0.15, 0.2) is 82.7 Å². The second-order valence-corrected chi connectivity index (χ2v) is 6.40. The zero-order valence-corrected chi connectivity index (χ0v) is 15.7. The Bertz CT molecular complexity index is 1220. The summed E-state index contributed by atoms with van der Waals surface area (Å²) >= 11 is 0. The van der Waals surface area contributed by atoms with Crippen molar-refractivity contribution >= 4 is 17.1 Å². The molecule has 0 aliphatic heterocycles. The molecule has 0 bridgehead atoms. The Morgan fingerprint density at radius 1 is 0.964 bits per heavy atom. The van der Waals surface area contributed by atoms with Gasteiger partial charge in [0.25, 0.3) is 5.56 Å². The first kappa shape index (κ1) is 17.7. The molecule has 5 nitrogen and oxygen atoms in total. The number of methoxy groups -OCH3 is 1. The largest absolute Gasteiger partial charge is 0.497 e. The van der Waals surface area contributed by atoms with Crippen molar-refractivity contribution in [3.8, 4) is 17.1 Å². The van der Waals surface area contributed by atoms with Gasteiger partial charge in [0.15, 0.2) is 5.82 Å². The summed E-state index contributed by atoms with van der Waals surface area (Å²) in [5, 5.41) is 5.01. The topological polar surface area (TPSA) is 56.5 Å². The molecule has 0 unspecified atom stereocenters. The third-order valence-electron chi connectivity index (χ3n) is 4.58. The summed E-state index contributed by atoms with van der Waals surface area (Å²) < 4.78 is 6.55. The quantitative estimate of drug-likeness (QED) is 0.505. The lowest BCUT2D eigenvalue weighted by Crippen LogP contribution is -2.20. The van der Waals surface area contributed by atoms with E-state index in [0.717, 1.165) is 22.4 Å². The van der Waals surface area contributed by atoms with Crippen molar-refractivity contribution in [3.05, 3.63) is 94.3 Å². The van der Waals surface area contributed by atoms with Gasteiger partial charge in [0.2, 0.25) is 0 Å². The predicted molar refractivity (Wildman–Crippen MR) is 112 cm³/mol. The van der Waals surface area contributed by atoms with Crippen molar-refractivity contribution in [1.82, 2.24) is 9.66 Å². The standard InChI is InChI=1S/C23H19N3O2/c1-16-7-3-4-8-19(16)22-25-21-10-6-5-9-20(21)23(27)26(22)24-15-17-11-13-18(28-2)14-12-17/h3-15H,1-2H3/b24-15-. The molecular weight excluding hydrogens is 350 g/mol. The first-order valence-electron chi connectivity index (χ1n) is 8.93. The number of ether oxygens (including phenoxy) is 1. The van der Waals surface area contributed by atoms with Crippen LogP contribution in [0.25, 0.3) is 22.3 Å². The van der Waals surface area contributed by atoms with E-state index >= 15 is 0 Å². The minimum absolute atomic E-state index is 0.200. The number of aryl methyl sites for hydroxylation is 1. The zero-order chi connectivity index (χ0) is 19.5. The molecule has 28 heavy (non-hydrogen) atoms. The highest BCUT2D eigenvalue weighted by atomic mass is 16.5. The maximum Gasteiger partial charge on any atom is 0.282 e. The Morgan fingerprint density at radius 3 is 2.43 bits per heavy atom. The van der Waals surface area contributed by atoms with Gasteiger partial charge in [-0.2, -0.15) is 9.78 Å². The maximum absolute atomic E-state index is 13.1. The fourth-order valence-electron chi connectivity index (χ4n) is 3.04. The molecule has 1 aromatic heterocycles. The molecule has 1 heterocycles. The van der Waals surface area contributed by atoms with E-state index in [1.54, 1.807) is 19.4 Å². The Balaban J connectivity index is 1.91. The summed E-state index contributed by atoms with van der Waals surface area (Å²) in [5.74, 6) is 1.29. The highest BCUT2D eigenvalue weighted by Crippen LogP contribution is 2.22. The van der Waals surface area contributed by atoms with Crippen LogP contribution in [0.1, 0.15) is 11.1 Å². The fourth-order valence-corrected chi connectivity index (χ4v) is 3.04. The van der Waals surface area contributed by atoms with Crippen LogP contribution in [-0.4, -0.2) is 23.0 Å². The van der Waals surface area contributed by atoms with E-state index in [1.807, 2.05) is 73.7 Å². The molecule has 0 amide bonds. The third-order valence-corrected chi connectivity index (χ3v) is 4.58. The molecule has 5 heteroatoms. The van der Waals surface area contributed by atoms with Crippen LogP contribution in [0.4, 0.5) is 0 Å². The molecule has 0 aliphatic carbocycles. The van der Waals surface area contributed by atoms with E-state index in [4.69, 9.17) is 9.72 Å². The van der Waals surface area contributed by atoms with E-state index in [2.05, 4.69) is 5.10 Å². The van der Waals surface area contributed by atoms with Crippen LogP contribution in [0.5, 0.6) is 5.75 Å². The van der Waals surface area contributed by atoms with Crippen molar-refractivity contribution in [3.63, 3.8) is 0 Å². The molecule has 0 saturated carbocycles. The second-order valence-electron chi connectivity index (χ2n) is 6.40. The number of aromatic nitrogens is 2. The Labute approximate surface area is 162 Å². The number of hydrogen-bond acceptors (Lipinski definition) is 4. The van der Waals surface area contributed by atoms with Crippen LogP contribution in [-0.2, 0) is 0 Å². The Kier molecular flexibility index (Phi) is 4.72. The molecule has 3 aromatic carbocycles. The lowest BCUT2D eigenvalue weighted by molar-refractivity contribution is 0.415. The van der Waals surface area contributed by atoms with Gasteiger partial charge in [0.1, 0.15) is 5.75 Å². The van der Waals surface area contributed by atoms with Gasteiger partial charge in [0, 0.05) is 5.56 Å². The SMILES string of the molecule is COc1ccc(/C=N\n2c(-c3ccccc3C)nc3ccccc3c2=O)cc1. The normalized spacial score (nSPS) is 11.2. The van der Waals surface area contributed by atoms with E-state index in [9.17, 15) is 4.79 Å². The van der Waals surface area contributed by atoms with Gasteiger partial charge in [-0.1, -0.05) is 36.4 Å². The van der Waals surface area contributed by atoms with Crippen LogP contribution in [0.3, 0.4) is 0 Å². The van der Waals surface area contributed by atoms with Gasteiger partial charge in [0.05, 0.1) is 24.2 Å². The molecule has 0 saturated heterocycles. The average Bonchev–Trinajstić information content (AvgIpc) is 2.74. The summed E-state index contributed by atoms with van der Waals surface area (Å²) in [5.41, 5.74) is 3.21. The Hall–Kier alpha value is -3.73. The third kappa shape index (κ3) is 3.30. The summed E-state index contributed by atoms with van der Waals surface area (Å²) in [6.07, 6.45) is 1.65. The van der Waals surface area contributed by atoms with E-state index in [1.165, 1.54) is 4.68 Å². The minimum atomic E-state index is -0.200. The molecule has 0 atom stereocenters. The first-order chi connectivity index (χ1) is 13.7.